The molecule has 0 saturated heterocycles. The van der Waals surface area contributed by atoms with Gasteiger partial charge in [0.05, 0.1) is 0 Å². The van der Waals surface area contributed by atoms with E-state index in [4.69, 9.17) is 0 Å². The molecule has 0 fully saturated rings. The quantitative estimate of drug-likeness (QED) is 0.340. The van der Waals surface area contributed by atoms with Crippen LogP contribution < -0.4 is 0 Å². The highest BCUT2D eigenvalue weighted by molar-refractivity contribution is 7.80. The van der Waals surface area contributed by atoms with Crippen LogP contribution in [0.5, 0.6) is 0 Å². The first-order chi connectivity index (χ1) is 4.74. The Morgan fingerprint density at radius 3 is 2.40 bits per heavy atom. The molecule has 0 spiro atoms. The second-order valence-electron chi connectivity index (χ2n) is 1.94. The van der Waals surface area contributed by atoms with Gasteiger partial charge in [-0.3, -0.25) is 9.59 Å². The fourth-order valence-corrected chi connectivity index (χ4v) is 0.848. The molecule has 3 heteroatoms. The summed E-state index contributed by atoms with van der Waals surface area (Å²) in [4.78, 5) is 21.2. The summed E-state index contributed by atoms with van der Waals surface area (Å²) in [5.74, 6) is -0.410. The first-order valence-corrected chi connectivity index (χ1v) is 3.45. The maximum absolute atomic E-state index is 10.7. The maximum atomic E-state index is 10.7. The number of carbonyl (C=O) groups is 2. The van der Waals surface area contributed by atoms with Gasteiger partial charge in [0.1, 0.15) is 0 Å². The molecule has 0 aromatic rings. The van der Waals surface area contributed by atoms with Crippen molar-refractivity contribution in [2.45, 2.75) is 0 Å². The van der Waals surface area contributed by atoms with E-state index in [1.54, 1.807) is 6.08 Å². The molecule has 0 atom stereocenters. The zero-order valence-electron chi connectivity index (χ0n) is 5.20. The number of ketones is 2. The van der Waals surface area contributed by atoms with Gasteiger partial charge in [0.25, 0.3) is 0 Å². The Labute approximate surface area is 64.0 Å². The van der Waals surface area contributed by atoms with Gasteiger partial charge >= 0.3 is 0 Å². The molecule has 0 radical (unpaired) electrons. The fourth-order valence-electron chi connectivity index (χ4n) is 0.651. The van der Waals surface area contributed by atoms with E-state index in [9.17, 15) is 9.59 Å². The minimum atomic E-state index is -0.453. The zero-order chi connectivity index (χ0) is 7.56. The lowest BCUT2D eigenvalue weighted by atomic mass is 10.1. The molecule has 1 aliphatic carbocycles. The molecule has 1 aliphatic rings. The van der Waals surface area contributed by atoms with Gasteiger partial charge in [-0.1, -0.05) is 6.08 Å². The van der Waals surface area contributed by atoms with Crippen molar-refractivity contribution in [1.29, 1.82) is 0 Å². The molecule has 0 aromatic carbocycles. The van der Waals surface area contributed by atoms with E-state index in [1.165, 1.54) is 12.2 Å². The number of rotatable bonds is 1. The van der Waals surface area contributed by atoms with Crippen LogP contribution in [0.3, 0.4) is 0 Å². The van der Waals surface area contributed by atoms with Gasteiger partial charge in [-0.05, 0) is 17.7 Å². The van der Waals surface area contributed by atoms with Crippen molar-refractivity contribution in [2.24, 2.45) is 0 Å². The predicted molar refractivity (Wildman–Crippen MR) is 41.1 cm³/mol. The Hall–Kier alpha value is -0.830. The average Bonchev–Trinajstić information content (AvgIpc) is 1.95. The summed E-state index contributed by atoms with van der Waals surface area (Å²) in [6.45, 7) is 0. The number of hydrogen-bond donors (Lipinski definition) is 1. The molecule has 0 bridgehead atoms. The first kappa shape index (κ1) is 7.28. The van der Waals surface area contributed by atoms with Crippen LogP contribution in [0.1, 0.15) is 0 Å². The van der Waals surface area contributed by atoms with Crippen molar-refractivity contribution >= 4 is 24.2 Å². The van der Waals surface area contributed by atoms with Gasteiger partial charge in [0.15, 0.2) is 0 Å². The van der Waals surface area contributed by atoms with E-state index in [0.717, 1.165) is 5.57 Å². The summed E-state index contributed by atoms with van der Waals surface area (Å²) in [6, 6.07) is 0. The average molecular weight is 154 g/mol. The van der Waals surface area contributed by atoms with Gasteiger partial charge in [0.2, 0.25) is 11.6 Å². The Morgan fingerprint density at radius 2 is 1.90 bits per heavy atom. The minimum Gasteiger partial charge on any atom is -0.286 e. The largest absolute Gasteiger partial charge is 0.286 e. The van der Waals surface area contributed by atoms with Gasteiger partial charge in [-0.2, -0.15) is 12.6 Å². The molecule has 0 aromatic heterocycles. The van der Waals surface area contributed by atoms with Crippen LogP contribution in [0.4, 0.5) is 0 Å². The molecule has 0 unspecified atom stereocenters. The van der Waals surface area contributed by atoms with Crippen LogP contribution in [-0.4, -0.2) is 17.3 Å². The van der Waals surface area contributed by atoms with E-state index in [2.05, 4.69) is 12.6 Å². The summed E-state index contributed by atoms with van der Waals surface area (Å²) in [5.41, 5.74) is 0.785. The Bertz CT molecular complexity index is 238. The molecule has 1 rings (SSSR count). The molecular formula is C7H6O2S. The molecule has 0 N–H and O–H groups in total. The Balaban J connectivity index is 2.86. The third-order valence-electron chi connectivity index (χ3n) is 1.19. The molecule has 0 aliphatic heterocycles. The van der Waals surface area contributed by atoms with Crippen LogP contribution in [0.2, 0.25) is 0 Å². The number of allylic oxidation sites excluding steroid dienone is 3. The molecule has 52 valence electrons. The van der Waals surface area contributed by atoms with Crippen molar-refractivity contribution in [2.75, 3.05) is 5.75 Å². The number of thiol groups is 1. The minimum absolute atomic E-state index is 0.452. The molecular weight excluding hydrogens is 148 g/mol. The number of hydrogen-bond acceptors (Lipinski definition) is 3. The molecule has 0 amide bonds. The molecule has 10 heavy (non-hydrogen) atoms. The van der Waals surface area contributed by atoms with Crippen LogP contribution >= 0.6 is 12.6 Å². The lowest BCUT2D eigenvalue weighted by molar-refractivity contribution is -0.131. The zero-order valence-corrected chi connectivity index (χ0v) is 6.10. The third-order valence-corrected chi connectivity index (χ3v) is 1.56. The highest BCUT2D eigenvalue weighted by atomic mass is 32.1. The van der Waals surface area contributed by atoms with Gasteiger partial charge in [-0.25, -0.2) is 0 Å². The smallest absolute Gasteiger partial charge is 0.226 e. The molecule has 0 heterocycles. The van der Waals surface area contributed by atoms with Gasteiger partial charge in [0, 0.05) is 5.75 Å². The van der Waals surface area contributed by atoms with Crippen molar-refractivity contribution < 1.29 is 9.59 Å². The monoisotopic (exact) mass is 154 g/mol. The fraction of sp³-hybridized carbons (Fsp3) is 0.143. The Morgan fingerprint density at radius 1 is 1.20 bits per heavy atom. The van der Waals surface area contributed by atoms with Gasteiger partial charge < -0.3 is 0 Å². The third kappa shape index (κ3) is 1.36. The highest BCUT2D eigenvalue weighted by Crippen LogP contribution is 2.05. The van der Waals surface area contributed by atoms with Crippen molar-refractivity contribution in [3.8, 4) is 0 Å². The van der Waals surface area contributed by atoms with Crippen molar-refractivity contribution in [3.63, 3.8) is 0 Å². The number of carbonyl (C=O) groups excluding carboxylic acids is 2. The predicted octanol–water partition coefficient (Wildman–Crippen LogP) is 0.551. The van der Waals surface area contributed by atoms with Crippen LogP contribution in [-0.2, 0) is 9.59 Å². The Kier molecular flexibility index (Phi) is 2.06. The maximum Gasteiger partial charge on any atom is 0.226 e. The molecule has 2 nitrogen and oxygen atoms in total. The second kappa shape index (κ2) is 2.84. The first-order valence-electron chi connectivity index (χ1n) is 2.82. The normalized spacial score (nSPS) is 17.5. The topological polar surface area (TPSA) is 34.1 Å². The lowest BCUT2D eigenvalue weighted by Gasteiger charge is -1.99. The van der Waals surface area contributed by atoms with E-state index in [0.29, 0.717) is 5.75 Å². The van der Waals surface area contributed by atoms with Crippen molar-refractivity contribution in [3.05, 3.63) is 23.8 Å². The summed E-state index contributed by atoms with van der Waals surface area (Å²) in [7, 11) is 0. The summed E-state index contributed by atoms with van der Waals surface area (Å²) in [5, 5.41) is 0. The van der Waals surface area contributed by atoms with E-state index < -0.39 is 11.6 Å². The summed E-state index contributed by atoms with van der Waals surface area (Å²) >= 11 is 3.95. The van der Waals surface area contributed by atoms with E-state index in [-0.39, 0.29) is 0 Å². The SMILES string of the molecule is O=C1C=CC(CS)=CC1=O. The standard InChI is InChI=1S/C7H6O2S/c8-6-2-1-5(4-10)3-7(6)9/h1-3,10H,4H2. The van der Waals surface area contributed by atoms with Crippen molar-refractivity contribution in [1.82, 2.24) is 0 Å². The summed E-state index contributed by atoms with van der Waals surface area (Å²) in [6.07, 6.45) is 4.19. The van der Waals surface area contributed by atoms with Gasteiger partial charge in [-0.15, -0.1) is 0 Å². The van der Waals surface area contributed by atoms with Crippen LogP contribution in [0, 0.1) is 0 Å². The van der Waals surface area contributed by atoms with E-state index >= 15 is 0 Å². The summed E-state index contributed by atoms with van der Waals surface area (Å²) < 4.78 is 0. The lowest BCUT2D eigenvalue weighted by Crippen LogP contribution is -2.11. The second-order valence-corrected chi connectivity index (χ2v) is 2.26. The van der Waals surface area contributed by atoms with Crippen LogP contribution in [0.25, 0.3) is 0 Å². The highest BCUT2D eigenvalue weighted by Gasteiger charge is 2.11. The van der Waals surface area contributed by atoms with Crippen LogP contribution in [0.15, 0.2) is 23.8 Å². The van der Waals surface area contributed by atoms with E-state index in [1.807, 2.05) is 0 Å². The molecule has 0 saturated carbocycles.